The summed E-state index contributed by atoms with van der Waals surface area (Å²) in [4.78, 5) is 7.22. The minimum atomic E-state index is -3.38. The molecule has 6 nitrogen and oxygen atoms in total. The summed E-state index contributed by atoms with van der Waals surface area (Å²) in [5.41, 5.74) is 1.55. The van der Waals surface area contributed by atoms with Gasteiger partial charge in [-0.2, -0.15) is 0 Å². The van der Waals surface area contributed by atoms with E-state index in [0.29, 0.717) is 16.9 Å². The molecule has 8 heteroatoms. The van der Waals surface area contributed by atoms with Crippen LogP contribution in [0.15, 0.2) is 34.2 Å². The summed E-state index contributed by atoms with van der Waals surface area (Å²) in [5.74, 6) is 0.953. The summed E-state index contributed by atoms with van der Waals surface area (Å²) < 4.78 is 27.3. The maximum atomic E-state index is 12.3. The number of rotatable bonds is 5. The summed E-state index contributed by atoms with van der Waals surface area (Å²) in [6.07, 6.45) is 9.98. The van der Waals surface area contributed by atoms with Crippen molar-refractivity contribution in [3.05, 3.63) is 29.8 Å². The van der Waals surface area contributed by atoms with E-state index in [-0.39, 0.29) is 30.0 Å². The molecule has 0 atom stereocenters. The lowest BCUT2D eigenvalue weighted by atomic mass is 9.73. The van der Waals surface area contributed by atoms with Gasteiger partial charge in [0.05, 0.1) is 4.90 Å². The van der Waals surface area contributed by atoms with Gasteiger partial charge in [0, 0.05) is 32.7 Å². The van der Waals surface area contributed by atoms with Crippen LogP contribution in [0.4, 0.5) is 0 Å². The van der Waals surface area contributed by atoms with Crippen molar-refractivity contribution in [1.82, 2.24) is 14.9 Å². The van der Waals surface area contributed by atoms with E-state index in [1.807, 2.05) is 19.2 Å². The molecule has 2 aliphatic carbocycles. The molecule has 1 saturated heterocycles. The second-order valence-corrected chi connectivity index (χ2v) is 10.4. The van der Waals surface area contributed by atoms with Crippen molar-refractivity contribution in [2.24, 2.45) is 10.4 Å². The molecule has 1 aliphatic heterocycles. The predicted molar refractivity (Wildman–Crippen MR) is 127 cm³/mol. The molecule has 1 spiro atoms. The van der Waals surface area contributed by atoms with E-state index < -0.39 is 10.0 Å². The maximum Gasteiger partial charge on any atom is 0.240 e. The number of hydrogen-bond acceptors (Lipinski definition) is 3. The fourth-order valence-electron chi connectivity index (χ4n) is 4.61. The van der Waals surface area contributed by atoms with Crippen molar-refractivity contribution < 1.29 is 8.42 Å². The molecule has 2 N–H and O–H groups in total. The Bertz CT molecular complexity index is 816. The van der Waals surface area contributed by atoms with Crippen molar-refractivity contribution >= 4 is 40.0 Å². The number of nitrogens with zero attached hydrogens (tertiary/aromatic N) is 2. The quantitative estimate of drug-likeness (QED) is 0.346. The Morgan fingerprint density at radius 3 is 2.45 bits per heavy atom. The van der Waals surface area contributed by atoms with Crippen LogP contribution in [-0.2, 0) is 16.6 Å². The Morgan fingerprint density at radius 1 is 1.14 bits per heavy atom. The van der Waals surface area contributed by atoms with Crippen molar-refractivity contribution in [1.29, 1.82) is 0 Å². The van der Waals surface area contributed by atoms with Crippen LogP contribution >= 0.6 is 24.0 Å². The molecule has 4 rings (SSSR count). The first-order valence-electron chi connectivity index (χ1n) is 10.6. The van der Waals surface area contributed by atoms with Crippen LogP contribution in [0.25, 0.3) is 0 Å². The van der Waals surface area contributed by atoms with Gasteiger partial charge >= 0.3 is 0 Å². The summed E-state index contributed by atoms with van der Waals surface area (Å²) in [6.45, 7) is 2.83. The highest BCUT2D eigenvalue weighted by atomic mass is 127. The zero-order valence-electron chi connectivity index (χ0n) is 17.2. The highest BCUT2D eigenvalue weighted by Crippen LogP contribution is 2.43. The smallest absolute Gasteiger partial charge is 0.240 e. The summed E-state index contributed by atoms with van der Waals surface area (Å²) in [5, 5.41) is 3.46. The van der Waals surface area contributed by atoms with Crippen LogP contribution in [0.1, 0.15) is 56.9 Å². The highest BCUT2D eigenvalue weighted by Gasteiger charge is 2.39. The first-order valence-corrected chi connectivity index (χ1v) is 12.0. The molecular formula is C21H33IN4O2S. The first kappa shape index (κ1) is 22.8. The first-order chi connectivity index (χ1) is 13.5. The lowest BCUT2D eigenvalue weighted by Gasteiger charge is -2.33. The molecule has 0 bridgehead atoms. The standard InChI is InChI=1S/C21H32N4O2S.HI/c1-22-20(25-14-13-21(16-25)11-3-2-4-12-21)23-15-17-5-9-19(10-6-17)28(26,27)24-18-7-8-18;/h5-6,9-10,18,24H,2-4,7-8,11-16H2,1H3,(H,22,23);1H. The van der Waals surface area contributed by atoms with Gasteiger partial charge in [0.15, 0.2) is 5.96 Å². The number of likely N-dealkylation sites (tertiary alicyclic amines) is 1. The van der Waals surface area contributed by atoms with Crippen molar-refractivity contribution in [2.45, 2.75) is 68.8 Å². The fraction of sp³-hybridized carbons (Fsp3) is 0.667. The molecule has 3 fully saturated rings. The van der Waals surface area contributed by atoms with E-state index in [1.165, 1.54) is 38.5 Å². The average molecular weight is 532 g/mol. The van der Waals surface area contributed by atoms with Crippen LogP contribution in [0.3, 0.4) is 0 Å². The minimum absolute atomic E-state index is 0. The molecule has 162 valence electrons. The van der Waals surface area contributed by atoms with E-state index in [0.717, 1.165) is 37.5 Å². The molecule has 3 aliphatic rings. The average Bonchev–Trinajstić information content (AvgIpc) is 3.42. The summed E-state index contributed by atoms with van der Waals surface area (Å²) >= 11 is 0. The SMILES string of the molecule is CN=C(NCc1ccc(S(=O)(=O)NC2CC2)cc1)N1CCC2(CCCCC2)C1.I. The lowest BCUT2D eigenvalue weighted by Crippen LogP contribution is -2.41. The monoisotopic (exact) mass is 532 g/mol. The van der Waals surface area contributed by atoms with Crippen molar-refractivity contribution in [3.8, 4) is 0 Å². The molecule has 2 saturated carbocycles. The molecular weight excluding hydrogens is 499 g/mol. The number of sulfonamides is 1. The van der Waals surface area contributed by atoms with E-state index >= 15 is 0 Å². The molecule has 0 radical (unpaired) electrons. The Hall–Kier alpha value is -0.870. The minimum Gasteiger partial charge on any atom is -0.352 e. The molecule has 1 heterocycles. The molecule has 1 aromatic carbocycles. The van der Waals surface area contributed by atoms with Gasteiger partial charge in [-0.1, -0.05) is 31.4 Å². The van der Waals surface area contributed by atoms with Gasteiger partial charge in [-0.25, -0.2) is 13.1 Å². The Morgan fingerprint density at radius 2 is 1.83 bits per heavy atom. The number of hydrogen-bond donors (Lipinski definition) is 2. The van der Waals surface area contributed by atoms with Gasteiger partial charge in [0.1, 0.15) is 0 Å². The van der Waals surface area contributed by atoms with Crippen LogP contribution < -0.4 is 10.0 Å². The second kappa shape index (κ2) is 9.51. The van der Waals surface area contributed by atoms with Gasteiger partial charge in [-0.3, -0.25) is 4.99 Å². The van der Waals surface area contributed by atoms with Crippen LogP contribution in [0, 0.1) is 5.41 Å². The molecule has 29 heavy (non-hydrogen) atoms. The molecule has 0 unspecified atom stereocenters. The molecule has 0 aromatic heterocycles. The van der Waals surface area contributed by atoms with Crippen LogP contribution in [-0.4, -0.2) is 45.5 Å². The van der Waals surface area contributed by atoms with E-state index in [4.69, 9.17) is 0 Å². The highest BCUT2D eigenvalue weighted by molar-refractivity contribution is 14.0. The Labute approximate surface area is 192 Å². The maximum absolute atomic E-state index is 12.3. The third-order valence-electron chi connectivity index (χ3n) is 6.45. The van der Waals surface area contributed by atoms with Crippen LogP contribution in [0.2, 0.25) is 0 Å². The van der Waals surface area contributed by atoms with Gasteiger partial charge in [-0.05, 0) is 55.2 Å². The normalized spacial score (nSPS) is 21.8. The van der Waals surface area contributed by atoms with Crippen LogP contribution in [0.5, 0.6) is 0 Å². The zero-order chi connectivity index (χ0) is 19.6. The number of halogens is 1. The van der Waals surface area contributed by atoms with Gasteiger partial charge < -0.3 is 10.2 Å². The third-order valence-corrected chi connectivity index (χ3v) is 7.98. The van der Waals surface area contributed by atoms with Gasteiger partial charge in [0.2, 0.25) is 10.0 Å². The topological polar surface area (TPSA) is 73.8 Å². The largest absolute Gasteiger partial charge is 0.352 e. The van der Waals surface area contributed by atoms with E-state index in [1.54, 1.807) is 12.1 Å². The van der Waals surface area contributed by atoms with Crippen molar-refractivity contribution in [2.75, 3.05) is 20.1 Å². The van der Waals surface area contributed by atoms with Crippen molar-refractivity contribution in [3.63, 3.8) is 0 Å². The number of benzene rings is 1. The van der Waals surface area contributed by atoms with Gasteiger partial charge in [0.25, 0.3) is 0 Å². The Kier molecular flexibility index (Phi) is 7.48. The number of guanidine groups is 1. The Balaban J connectivity index is 0.00000240. The second-order valence-electron chi connectivity index (χ2n) is 8.67. The lowest BCUT2D eigenvalue weighted by molar-refractivity contribution is 0.203. The van der Waals surface area contributed by atoms with E-state index in [2.05, 4.69) is 19.9 Å². The third kappa shape index (κ3) is 5.64. The molecule has 1 aromatic rings. The number of aliphatic imine (C=N–C) groups is 1. The van der Waals surface area contributed by atoms with E-state index in [9.17, 15) is 8.42 Å². The predicted octanol–water partition coefficient (Wildman–Crippen LogP) is 3.48. The fourth-order valence-corrected chi connectivity index (χ4v) is 5.92. The zero-order valence-corrected chi connectivity index (χ0v) is 20.3. The van der Waals surface area contributed by atoms with Gasteiger partial charge in [-0.15, -0.1) is 24.0 Å². The number of nitrogens with one attached hydrogen (secondary N) is 2. The summed E-state index contributed by atoms with van der Waals surface area (Å²) in [7, 11) is -1.54. The molecule has 0 amide bonds. The summed E-state index contributed by atoms with van der Waals surface area (Å²) in [6, 6.07) is 7.28.